The Morgan fingerprint density at radius 3 is 3.00 bits per heavy atom. The van der Waals surface area contributed by atoms with Gasteiger partial charge >= 0.3 is 0 Å². The summed E-state index contributed by atoms with van der Waals surface area (Å²) in [4.78, 5) is 19.1. The molecule has 1 unspecified atom stereocenters. The molecule has 6 nitrogen and oxygen atoms in total. The molecule has 0 spiro atoms. The van der Waals surface area contributed by atoms with Crippen LogP contribution in [-0.4, -0.2) is 36.0 Å². The lowest BCUT2D eigenvalue weighted by Gasteiger charge is -2.30. The molecule has 6 heteroatoms. The summed E-state index contributed by atoms with van der Waals surface area (Å²) in [6, 6.07) is 11.2. The number of carbonyl (C=O) groups excluding carboxylic acids is 1. The van der Waals surface area contributed by atoms with Gasteiger partial charge in [-0.3, -0.25) is 4.79 Å². The van der Waals surface area contributed by atoms with Gasteiger partial charge in [0.1, 0.15) is 17.9 Å². The molecular formula is C19H20N2O4. The lowest BCUT2D eigenvalue weighted by Crippen LogP contribution is -2.39. The minimum atomic E-state index is -0.0943. The third kappa shape index (κ3) is 3.17. The number of nitrogens with zero attached hydrogens (tertiary/aromatic N) is 2. The number of furan rings is 1. The maximum absolute atomic E-state index is 12.7. The summed E-state index contributed by atoms with van der Waals surface area (Å²) in [5.41, 5.74) is 1.65. The zero-order valence-electron chi connectivity index (χ0n) is 14.1. The fourth-order valence-electron chi connectivity index (χ4n) is 3.30. The van der Waals surface area contributed by atoms with Gasteiger partial charge in [-0.1, -0.05) is 12.1 Å². The molecule has 4 rings (SSSR count). The first kappa shape index (κ1) is 15.9. The van der Waals surface area contributed by atoms with E-state index in [1.807, 2.05) is 29.2 Å². The Bertz CT molecular complexity index is 849. The van der Waals surface area contributed by atoms with Gasteiger partial charge in [0.25, 0.3) is 5.91 Å². The number of oxazole rings is 1. The highest BCUT2D eigenvalue weighted by molar-refractivity contribution is 5.91. The van der Waals surface area contributed by atoms with Crippen LogP contribution in [0, 0.1) is 0 Å². The molecule has 0 bridgehead atoms. The van der Waals surface area contributed by atoms with Crippen molar-refractivity contribution in [2.75, 3.05) is 20.2 Å². The fourth-order valence-corrected chi connectivity index (χ4v) is 3.30. The van der Waals surface area contributed by atoms with Crippen LogP contribution < -0.4 is 0 Å². The number of hydrogen-bond acceptors (Lipinski definition) is 5. The molecule has 0 aliphatic carbocycles. The molecule has 1 amide bonds. The molecule has 3 heterocycles. The van der Waals surface area contributed by atoms with Crippen molar-refractivity contribution in [2.24, 2.45) is 0 Å². The smallest absolute Gasteiger partial charge is 0.289 e. The molecule has 1 aliphatic rings. The lowest BCUT2D eigenvalue weighted by atomic mass is 9.98. The number of rotatable bonds is 4. The van der Waals surface area contributed by atoms with Crippen molar-refractivity contribution >= 4 is 17.0 Å². The Labute approximate surface area is 145 Å². The van der Waals surface area contributed by atoms with E-state index in [1.165, 1.54) is 0 Å². The van der Waals surface area contributed by atoms with Gasteiger partial charge < -0.3 is 18.5 Å². The third-order valence-corrected chi connectivity index (χ3v) is 4.53. The van der Waals surface area contributed by atoms with Gasteiger partial charge in [-0.05, 0) is 37.1 Å². The van der Waals surface area contributed by atoms with Gasteiger partial charge in [0.05, 0.1) is 5.92 Å². The standard InChI is InChI=1S/C19H20N2O4/c1-23-12-14-8-9-17(24-14)19(22)21-10-4-5-13(11-21)18-20-15-6-2-3-7-16(15)25-18/h2-3,6-9,13H,4-5,10-12H2,1H3. The molecule has 130 valence electrons. The molecule has 0 saturated carbocycles. The Morgan fingerprint density at radius 2 is 2.16 bits per heavy atom. The van der Waals surface area contributed by atoms with Crippen LogP contribution in [-0.2, 0) is 11.3 Å². The maximum Gasteiger partial charge on any atom is 0.289 e. The zero-order valence-corrected chi connectivity index (χ0v) is 14.1. The fraction of sp³-hybridized carbons (Fsp3) is 0.368. The normalized spacial score (nSPS) is 18.0. The van der Waals surface area contributed by atoms with Crippen molar-refractivity contribution in [1.82, 2.24) is 9.88 Å². The predicted molar refractivity (Wildman–Crippen MR) is 91.3 cm³/mol. The first-order valence-corrected chi connectivity index (χ1v) is 8.47. The molecule has 1 aliphatic heterocycles. The average molecular weight is 340 g/mol. The highest BCUT2D eigenvalue weighted by Gasteiger charge is 2.29. The summed E-state index contributed by atoms with van der Waals surface area (Å²) in [6.45, 7) is 1.67. The summed E-state index contributed by atoms with van der Waals surface area (Å²) in [5, 5.41) is 0. The highest BCUT2D eigenvalue weighted by Crippen LogP contribution is 2.29. The van der Waals surface area contributed by atoms with Gasteiger partial charge in [0, 0.05) is 20.2 Å². The van der Waals surface area contributed by atoms with Crippen molar-refractivity contribution in [3.63, 3.8) is 0 Å². The lowest BCUT2D eigenvalue weighted by molar-refractivity contribution is 0.0659. The molecule has 0 radical (unpaired) electrons. The second-order valence-corrected chi connectivity index (χ2v) is 6.31. The molecule has 1 saturated heterocycles. The predicted octanol–water partition coefficient (Wildman–Crippen LogP) is 3.59. The summed E-state index contributed by atoms with van der Waals surface area (Å²) in [7, 11) is 1.60. The molecule has 1 fully saturated rings. The van der Waals surface area contributed by atoms with Crippen molar-refractivity contribution in [1.29, 1.82) is 0 Å². The van der Waals surface area contributed by atoms with Crippen LogP contribution in [0.5, 0.6) is 0 Å². The molecule has 1 aromatic carbocycles. The second-order valence-electron chi connectivity index (χ2n) is 6.31. The Morgan fingerprint density at radius 1 is 1.28 bits per heavy atom. The van der Waals surface area contributed by atoms with Crippen molar-refractivity contribution in [3.05, 3.63) is 53.8 Å². The van der Waals surface area contributed by atoms with Gasteiger partial charge in [-0.2, -0.15) is 0 Å². The second kappa shape index (κ2) is 6.72. The minimum Gasteiger partial charge on any atom is -0.453 e. The van der Waals surface area contributed by atoms with E-state index in [2.05, 4.69) is 4.98 Å². The zero-order chi connectivity index (χ0) is 17.2. The van der Waals surface area contributed by atoms with Crippen molar-refractivity contribution in [3.8, 4) is 0 Å². The molecule has 0 N–H and O–H groups in total. The number of piperidine rings is 1. The number of amides is 1. The van der Waals surface area contributed by atoms with Gasteiger partial charge in [0.15, 0.2) is 17.2 Å². The van der Waals surface area contributed by atoms with Crippen LogP contribution in [0.2, 0.25) is 0 Å². The highest BCUT2D eigenvalue weighted by atomic mass is 16.5. The molecular weight excluding hydrogens is 320 g/mol. The number of para-hydroxylation sites is 2. The van der Waals surface area contributed by atoms with Crippen molar-refractivity contribution in [2.45, 2.75) is 25.4 Å². The Balaban J connectivity index is 1.50. The van der Waals surface area contributed by atoms with E-state index in [0.717, 1.165) is 30.5 Å². The quantitative estimate of drug-likeness (QED) is 0.726. The first-order chi connectivity index (χ1) is 12.2. The SMILES string of the molecule is COCc1ccc(C(=O)N2CCCC(c3nc4ccccc4o3)C2)o1. The van der Waals surface area contributed by atoms with E-state index in [1.54, 1.807) is 19.2 Å². The van der Waals surface area contributed by atoms with Gasteiger partial charge in [0.2, 0.25) is 0 Å². The van der Waals surface area contributed by atoms with Crippen LogP contribution in [0.3, 0.4) is 0 Å². The number of likely N-dealkylation sites (tertiary alicyclic amines) is 1. The number of fused-ring (bicyclic) bond motifs is 1. The number of carbonyl (C=O) groups is 1. The van der Waals surface area contributed by atoms with Crippen LogP contribution >= 0.6 is 0 Å². The number of ether oxygens (including phenoxy) is 1. The molecule has 2 aromatic heterocycles. The van der Waals surface area contributed by atoms with Crippen LogP contribution in [0.25, 0.3) is 11.1 Å². The Hall–Kier alpha value is -2.60. The summed E-state index contributed by atoms with van der Waals surface area (Å²) < 4.78 is 16.5. The number of hydrogen-bond donors (Lipinski definition) is 0. The summed E-state index contributed by atoms with van der Waals surface area (Å²) in [6.07, 6.45) is 1.88. The number of benzene rings is 1. The van der Waals surface area contributed by atoms with Crippen LogP contribution in [0.1, 0.15) is 41.0 Å². The van der Waals surface area contributed by atoms with Gasteiger partial charge in [-0.25, -0.2) is 4.98 Å². The van der Waals surface area contributed by atoms with E-state index in [9.17, 15) is 4.79 Å². The van der Waals surface area contributed by atoms with E-state index in [-0.39, 0.29) is 11.8 Å². The Kier molecular flexibility index (Phi) is 4.28. The molecule has 25 heavy (non-hydrogen) atoms. The monoisotopic (exact) mass is 340 g/mol. The van der Waals surface area contributed by atoms with E-state index in [4.69, 9.17) is 13.6 Å². The molecule has 1 atom stereocenters. The van der Waals surface area contributed by atoms with Crippen LogP contribution in [0.4, 0.5) is 0 Å². The number of methoxy groups -OCH3 is 1. The van der Waals surface area contributed by atoms with Crippen molar-refractivity contribution < 1.29 is 18.4 Å². The van der Waals surface area contributed by atoms with Gasteiger partial charge in [-0.15, -0.1) is 0 Å². The van der Waals surface area contributed by atoms with E-state index < -0.39 is 0 Å². The van der Waals surface area contributed by atoms with E-state index >= 15 is 0 Å². The first-order valence-electron chi connectivity index (χ1n) is 8.47. The maximum atomic E-state index is 12.7. The van der Waals surface area contributed by atoms with Crippen LogP contribution in [0.15, 0.2) is 45.2 Å². The number of aromatic nitrogens is 1. The third-order valence-electron chi connectivity index (χ3n) is 4.53. The minimum absolute atomic E-state index is 0.0943. The average Bonchev–Trinajstić information content (AvgIpc) is 3.28. The van der Waals surface area contributed by atoms with E-state index in [0.29, 0.717) is 30.6 Å². The molecule has 3 aromatic rings. The summed E-state index contributed by atoms with van der Waals surface area (Å²) >= 11 is 0. The summed E-state index contributed by atoms with van der Waals surface area (Å²) in [5.74, 6) is 1.73. The largest absolute Gasteiger partial charge is 0.453 e. The topological polar surface area (TPSA) is 68.7 Å².